The Bertz CT molecular complexity index is 538. The predicted octanol–water partition coefficient (Wildman–Crippen LogP) is 1.99. The molecule has 140 valence electrons. The number of nitrogens with one attached hydrogen (secondary N) is 2. The molecule has 0 bridgehead atoms. The van der Waals surface area contributed by atoms with Gasteiger partial charge in [-0.1, -0.05) is 11.6 Å². The van der Waals surface area contributed by atoms with Crippen molar-refractivity contribution in [2.45, 2.75) is 26.1 Å². The van der Waals surface area contributed by atoms with Crippen LogP contribution in [-0.4, -0.2) is 69.4 Å². The van der Waals surface area contributed by atoms with Gasteiger partial charge in [-0.05, 0) is 45.2 Å². The molecular weight excluding hydrogens is 340 g/mol. The number of guanidine groups is 1. The van der Waals surface area contributed by atoms with E-state index in [0.29, 0.717) is 11.6 Å². The minimum Gasteiger partial charge on any atom is -0.489 e. The summed E-state index contributed by atoms with van der Waals surface area (Å²) in [6, 6.07) is 7.37. The molecule has 1 aliphatic heterocycles. The third-order valence-electron chi connectivity index (χ3n) is 3.84. The summed E-state index contributed by atoms with van der Waals surface area (Å²) in [7, 11) is 2.12. The van der Waals surface area contributed by atoms with Crippen LogP contribution in [0.15, 0.2) is 29.3 Å². The Morgan fingerprint density at radius 3 is 2.84 bits per heavy atom. The highest BCUT2D eigenvalue weighted by molar-refractivity contribution is 6.30. The Balaban J connectivity index is 1.80. The molecular formula is C18H29ClN4O2. The summed E-state index contributed by atoms with van der Waals surface area (Å²) in [6.45, 7) is 8.86. The van der Waals surface area contributed by atoms with E-state index in [-0.39, 0.29) is 12.2 Å². The van der Waals surface area contributed by atoms with E-state index >= 15 is 0 Å². The molecule has 6 nitrogen and oxygen atoms in total. The molecule has 7 heteroatoms. The van der Waals surface area contributed by atoms with Crippen LogP contribution in [-0.2, 0) is 4.74 Å². The number of benzene rings is 1. The van der Waals surface area contributed by atoms with Crippen molar-refractivity contribution in [3.8, 4) is 5.75 Å². The molecule has 1 saturated heterocycles. The van der Waals surface area contributed by atoms with Gasteiger partial charge in [0, 0.05) is 31.2 Å². The van der Waals surface area contributed by atoms with Crippen LogP contribution in [0.4, 0.5) is 0 Å². The maximum Gasteiger partial charge on any atom is 0.191 e. The SMILES string of the molecule is CCNC(=NCC(C)Oc1ccc(Cl)cc1)NCC1CN(C)CCO1. The summed E-state index contributed by atoms with van der Waals surface area (Å²) in [4.78, 5) is 6.88. The van der Waals surface area contributed by atoms with E-state index in [0.717, 1.165) is 44.5 Å². The number of morpholine rings is 1. The lowest BCUT2D eigenvalue weighted by Crippen LogP contribution is -2.48. The van der Waals surface area contributed by atoms with Crippen molar-refractivity contribution >= 4 is 17.6 Å². The van der Waals surface area contributed by atoms with E-state index in [1.54, 1.807) is 0 Å². The molecule has 25 heavy (non-hydrogen) atoms. The van der Waals surface area contributed by atoms with E-state index in [9.17, 15) is 0 Å². The predicted molar refractivity (Wildman–Crippen MR) is 103 cm³/mol. The average Bonchev–Trinajstić information content (AvgIpc) is 2.59. The Labute approximate surface area is 155 Å². The number of hydrogen-bond donors (Lipinski definition) is 2. The highest BCUT2D eigenvalue weighted by atomic mass is 35.5. The number of nitrogens with zero attached hydrogens (tertiary/aromatic N) is 2. The molecule has 1 aliphatic rings. The van der Waals surface area contributed by atoms with Crippen LogP contribution < -0.4 is 15.4 Å². The number of likely N-dealkylation sites (N-methyl/N-ethyl adjacent to an activating group) is 1. The van der Waals surface area contributed by atoms with Gasteiger partial charge in [-0.2, -0.15) is 0 Å². The van der Waals surface area contributed by atoms with Crippen LogP contribution in [0.25, 0.3) is 0 Å². The lowest BCUT2D eigenvalue weighted by molar-refractivity contribution is -0.0161. The van der Waals surface area contributed by atoms with Crippen LogP contribution >= 0.6 is 11.6 Å². The summed E-state index contributed by atoms with van der Waals surface area (Å²) in [5.41, 5.74) is 0. The van der Waals surface area contributed by atoms with E-state index in [4.69, 9.17) is 21.1 Å². The molecule has 1 aromatic rings. The van der Waals surface area contributed by atoms with Crippen molar-refractivity contribution in [2.75, 3.05) is 46.4 Å². The van der Waals surface area contributed by atoms with Gasteiger partial charge in [0.15, 0.2) is 5.96 Å². The van der Waals surface area contributed by atoms with E-state index in [2.05, 4.69) is 34.5 Å². The molecule has 0 saturated carbocycles. The highest BCUT2D eigenvalue weighted by Gasteiger charge is 2.17. The van der Waals surface area contributed by atoms with Crippen molar-refractivity contribution in [1.29, 1.82) is 0 Å². The minimum atomic E-state index is -0.0336. The first-order valence-electron chi connectivity index (χ1n) is 8.81. The molecule has 2 atom stereocenters. The standard InChI is InChI=1S/C18H29ClN4O2/c1-4-20-18(22-12-17-13-23(3)9-10-24-17)21-11-14(2)25-16-7-5-15(19)6-8-16/h5-8,14,17H,4,9-13H2,1-3H3,(H2,20,21,22). The Hall–Kier alpha value is -1.50. The average molecular weight is 369 g/mol. The van der Waals surface area contributed by atoms with Gasteiger partial charge < -0.3 is 25.0 Å². The summed E-state index contributed by atoms with van der Waals surface area (Å²) in [5.74, 6) is 1.58. The van der Waals surface area contributed by atoms with Crippen LogP contribution in [0.1, 0.15) is 13.8 Å². The minimum absolute atomic E-state index is 0.0336. The fourth-order valence-corrected chi connectivity index (χ4v) is 2.67. The topological polar surface area (TPSA) is 58.1 Å². The molecule has 0 spiro atoms. The van der Waals surface area contributed by atoms with E-state index in [1.807, 2.05) is 31.2 Å². The van der Waals surface area contributed by atoms with E-state index < -0.39 is 0 Å². The fraction of sp³-hybridized carbons (Fsp3) is 0.611. The first-order chi connectivity index (χ1) is 12.1. The second kappa shape index (κ2) is 10.5. The molecule has 0 aliphatic carbocycles. The number of rotatable bonds is 7. The Kier molecular flexibility index (Phi) is 8.31. The molecule has 0 amide bonds. The normalized spacial score (nSPS) is 20.2. The second-order valence-electron chi connectivity index (χ2n) is 6.24. The third kappa shape index (κ3) is 7.50. The lowest BCUT2D eigenvalue weighted by Gasteiger charge is -2.30. The molecule has 1 aromatic carbocycles. The van der Waals surface area contributed by atoms with Crippen molar-refractivity contribution in [1.82, 2.24) is 15.5 Å². The number of ether oxygens (including phenoxy) is 2. The largest absolute Gasteiger partial charge is 0.489 e. The highest BCUT2D eigenvalue weighted by Crippen LogP contribution is 2.16. The summed E-state index contributed by atoms with van der Waals surface area (Å²) in [5, 5.41) is 7.31. The smallest absolute Gasteiger partial charge is 0.191 e. The van der Waals surface area contributed by atoms with Crippen molar-refractivity contribution in [3.63, 3.8) is 0 Å². The quantitative estimate of drug-likeness (QED) is 0.569. The van der Waals surface area contributed by atoms with Gasteiger partial charge in [0.05, 0.1) is 19.3 Å². The number of halogens is 1. The zero-order valence-electron chi connectivity index (χ0n) is 15.3. The Morgan fingerprint density at radius 1 is 1.40 bits per heavy atom. The number of hydrogen-bond acceptors (Lipinski definition) is 4. The monoisotopic (exact) mass is 368 g/mol. The van der Waals surface area contributed by atoms with Crippen LogP contribution in [0.5, 0.6) is 5.75 Å². The van der Waals surface area contributed by atoms with E-state index in [1.165, 1.54) is 0 Å². The zero-order chi connectivity index (χ0) is 18.1. The maximum atomic E-state index is 5.89. The van der Waals surface area contributed by atoms with Gasteiger partial charge in [-0.15, -0.1) is 0 Å². The van der Waals surface area contributed by atoms with Crippen molar-refractivity contribution in [2.24, 2.45) is 4.99 Å². The molecule has 1 fully saturated rings. The second-order valence-corrected chi connectivity index (χ2v) is 6.67. The molecule has 2 rings (SSSR count). The first-order valence-corrected chi connectivity index (χ1v) is 9.19. The molecule has 2 N–H and O–H groups in total. The van der Waals surface area contributed by atoms with Gasteiger partial charge in [0.2, 0.25) is 0 Å². The van der Waals surface area contributed by atoms with Gasteiger partial charge in [0.1, 0.15) is 11.9 Å². The van der Waals surface area contributed by atoms with Gasteiger partial charge in [-0.25, -0.2) is 4.99 Å². The zero-order valence-corrected chi connectivity index (χ0v) is 16.1. The molecule has 0 aromatic heterocycles. The number of aliphatic imine (C=N–C) groups is 1. The lowest BCUT2D eigenvalue weighted by atomic mass is 10.3. The summed E-state index contributed by atoms with van der Waals surface area (Å²) in [6.07, 6.45) is 0.152. The van der Waals surface area contributed by atoms with Crippen LogP contribution in [0.2, 0.25) is 5.02 Å². The van der Waals surface area contributed by atoms with Gasteiger partial charge in [0.25, 0.3) is 0 Å². The fourth-order valence-electron chi connectivity index (χ4n) is 2.55. The summed E-state index contributed by atoms with van der Waals surface area (Å²) < 4.78 is 11.6. The third-order valence-corrected chi connectivity index (χ3v) is 4.09. The van der Waals surface area contributed by atoms with Gasteiger partial charge >= 0.3 is 0 Å². The summed E-state index contributed by atoms with van der Waals surface area (Å²) >= 11 is 5.89. The van der Waals surface area contributed by atoms with Crippen molar-refractivity contribution in [3.05, 3.63) is 29.3 Å². The van der Waals surface area contributed by atoms with Crippen LogP contribution in [0, 0.1) is 0 Å². The molecule has 0 radical (unpaired) electrons. The van der Waals surface area contributed by atoms with Gasteiger partial charge in [-0.3, -0.25) is 0 Å². The molecule has 1 heterocycles. The first kappa shape index (κ1) is 19.8. The molecule has 2 unspecified atom stereocenters. The van der Waals surface area contributed by atoms with Crippen LogP contribution in [0.3, 0.4) is 0 Å². The Morgan fingerprint density at radius 2 is 2.16 bits per heavy atom. The van der Waals surface area contributed by atoms with Crippen molar-refractivity contribution < 1.29 is 9.47 Å². The maximum absolute atomic E-state index is 5.89.